The molecule has 1 unspecified atom stereocenters. The van der Waals surface area contributed by atoms with Crippen molar-refractivity contribution >= 4 is 16.8 Å². The van der Waals surface area contributed by atoms with Crippen molar-refractivity contribution in [3.05, 3.63) is 35.4 Å². The Bertz CT molecular complexity index is 537. The monoisotopic (exact) mass is 308 g/mol. The Morgan fingerprint density at radius 1 is 1.29 bits per heavy atom. The summed E-state index contributed by atoms with van der Waals surface area (Å²) in [6, 6.07) is 8.18. The van der Waals surface area contributed by atoms with Gasteiger partial charge in [0.1, 0.15) is 0 Å². The van der Waals surface area contributed by atoms with E-state index in [2.05, 4.69) is 17.4 Å². The van der Waals surface area contributed by atoms with Crippen LogP contribution in [-0.2, 0) is 23.8 Å². The average Bonchev–Trinajstić information content (AvgIpc) is 2.45. The number of benzene rings is 1. The first-order chi connectivity index (χ1) is 9.88. The van der Waals surface area contributed by atoms with Gasteiger partial charge in [-0.1, -0.05) is 24.3 Å². The highest BCUT2D eigenvalue weighted by Crippen LogP contribution is 2.18. The maximum Gasteiger partial charge on any atom is 0.317 e. The molecule has 0 fully saturated rings. The number of nitrogens with one attached hydrogen (secondary N) is 1. The zero-order chi connectivity index (χ0) is 15.5. The van der Waals surface area contributed by atoms with Crippen LogP contribution in [0.25, 0.3) is 0 Å². The van der Waals surface area contributed by atoms with Crippen LogP contribution in [0.5, 0.6) is 0 Å². The molecular weight excluding hydrogens is 284 g/mol. The zero-order valence-electron chi connectivity index (χ0n) is 13.0. The van der Waals surface area contributed by atoms with E-state index in [1.54, 1.807) is 0 Å². The van der Waals surface area contributed by atoms with E-state index in [4.69, 9.17) is 0 Å². The van der Waals surface area contributed by atoms with E-state index < -0.39 is 10.8 Å². The molecule has 5 heteroatoms. The summed E-state index contributed by atoms with van der Waals surface area (Å²) in [6.07, 6.45) is 0.900. The molecular formula is C16H24N2O2S. The molecule has 0 aliphatic carbocycles. The highest BCUT2D eigenvalue weighted by atomic mass is 32.2. The molecule has 0 aromatic heterocycles. The quantitative estimate of drug-likeness (QED) is 0.931. The molecule has 0 saturated heterocycles. The van der Waals surface area contributed by atoms with Crippen molar-refractivity contribution in [2.24, 2.45) is 0 Å². The number of hydrogen-bond donors (Lipinski definition) is 1. The lowest BCUT2D eigenvalue weighted by Crippen LogP contribution is -2.44. The Morgan fingerprint density at radius 3 is 2.62 bits per heavy atom. The summed E-state index contributed by atoms with van der Waals surface area (Å²) in [5.74, 6) is 0.500. The molecule has 21 heavy (non-hydrogen) atoms. The first-order valence-electron chi connectivity index (χ1n) is 7.36. The van der Waals surface area contributed by atoms with Crippen molar-refractivity contribution in [1.82, 2.24) is 10.2 Å². The van der Waals surface area contributed by atoms with Gasteiger partial charge < -0.3 is 10.2 Å². The molecule has 1 N–H and O–H groups in total. The van der Waals surface area contributed by atoms with Gasteiger partial charge in [-0.3, -0.25) is 4.21 Å². The summed E-state index contributed by atoms with van der Waals surface area (Å²) in [7, 11) is -0.928. The molecule has 0 radical (unpaired) electrons. The standard InChI is InChI=1S/C16H24N2O2S/c1-16(2,3)21(20)11-9-17-15(19)18-10-8-13-6-4-5-7-14(13)12-18/h4-7H,8-12H2,1-3H3,(H,17,19). The topological polar surface area (TPSA) is 49.4 Å². The van der Waals surface area contributed by atoms with Crippen LogP contribution in [0, 0.1) is 0 Å². The second kappa shape index (κ2) is 6.60. The number of carbonyl (C=O) groups is 1. The average molecular weight is 308 g/mol. The Hall–Kier alpha value is -1.36. The van der Waals surface area contributed by atoms with E-state index in [0.29, 0.717) is 18.8 Å². The SMILES string of the molecule is CC(C)(C)S(=O)CCNC(=O)N1CCc2ccccc2C1. The Kier molecular flexibility index (Phi) is 5.04. The number of amides is 2. The van der Waals surface area contributed by atoms with Crippen molar-refractivity contribution in [3.63, 3.8) is 0 Å². The minimum atomic E-state index is -0.928. The summed E-state index contributed by atoms with van der Waals surface area (Å²) in [5, 5.41) is 2.88. The summed E-state index contributed by atoms with van der Waals surface area (Å²) >= 11 is 0. The molecule has 0 bridgehead atoms. The summed E-state index contributed by atoms with van der Waals surface area (Å²) in [5.41, 5.74) is 2.55. The molecule has 1 aromatic rings. The fraction of sp³-hybridized carbons (Fsp3) is 0.562. The second-order valence-electron chi connectivity index (χ2n) is 6.33. The molecule has 116 valence electrons. The molecule has 2 rings (SSSR count). The van der Waals surface area contributed by atoms with E-state index in [1.165, 1.54) is 11.1 Å². The fourth-order valence-electron chi connectivity index (χ4n) is 2.34. The molecule has 4 nitrogen and oxygen atoms in total. The molecule has 0 saturated carbocycles. The van der Waals surface area contributed by atoms with Gasteiger partial charge in [0.25, 0.3) is 0 Å². The van der Waals surface area contributed by atoms with E-state index in [1.807, 2.05) is 37.8 Å². The number of urea groups is 1. The van der Waals surface area contributed by atoms with Crippen LogP contribution in [0.15, 0.2) is 24.3 Å². The molecule has 1 aliphatic rings. The maximum atomic E-state index is 12.2. The van der Waals surface area contributed by atoms with Crippen LogP contribution in [0.2, 0.25) is 0 Å². The largest absolute Gasteiger partial charge is 0.337 e. The summed E-state index contributed by atoms with van der Waals surface area (Å²) in [6.45, 7) is 7.71. The van der Waals surface area contributed by atoms with E-state index in [-0.39, 0.29) is 10.8 Å². The Morgan fingerprint density at radius 2 is 1.95 bits per heavy atom. The van der Waals surface area contributed by atoms with Gasteiger partial charge in [-0.15, -0.1) is 0 Å². The van der Waals surface area contributed by atoms with Gasteiger partial charge in [0.2, 0.25) is 0 Å². The van der Waals surface area contributed by atoms with Crippen LogP contribution < -0.4 is 5.32 Å². The van der Waals surface area contributed by atoms with E-state index >= 15 is 0 Å². The first kappa shape index (κ1) is 16.0. The fourth-order valence-corrected chi connectivity index (χ4v) is 3.24. The van der Waals surface area contributed by atoms with Gasteiger partial charge in [-0.25, -0.2) is 4.79 Å². The Labute approximate surface area is 129 Å². The van der Waals surface area contributed by atoms with Crippen molar-refractivity contribution < 1.29 is 9.00 Å². The molecule has 0 spiro atoms. The third-order valence-electron chi connectivity index (χ3n) is 3.66. The third-order valence-corrected chi connectivity index (χ3v) is 5.61. The number of hydrogen-bond acceptors (Lipinski definition) is 2. The van der Waals surface area contributed by atoms with Gasteiger partial charge in [0.15, 0.2) is 0 Å². The molecule has 2 amide bonds. The predicted molar refractivity (Wildman–Crippen MR) is 86.7 cm³/mol. The van der Waals surface area contributed by atoms with Gasteiger partial charge in [0, 0.05) is 40.9 Å². The maximum absolute atomic E-state index is 12.2. The lowest BCUT2D eigenvalue weighted by Gasteiger charge is -2.29. The smallest absolute Gasteiger partial charge is 0.317 e. The van der Waals surface area contributed by atoms with Crippen molar-refractivity contribution in [1.29, 1.82) is 0 Å². The minimum Gasteiger partial charge on any atom is -0.337 e. The van der Waals surface area contributed by atoms with Gasteiger partial charge >= 0.3 is 6.03 Å². The van der Waals surface area contributed by atoms with Gasteiger partial charge in [-0.05, 0) is 38.3 Å². The second-order valence-corrected chi connectivity index (χ2v) is 8.66. The summed E-state index contributed by atoms with van der Waals surface area (Å²) in [4.78, 5) is 14.0. The normalized spacial score (nSPS) is 16.2. The van der Waals surface area contributed by atoms with Gasteiger partial charge in [0.05, 0.1) is 0 Å². The molecule has 1 atom stereocenters. The molecule has 1 aliphatic heterocycles. The van der Waals surface area contributed by atoms with Crippen molar-refractivity contribution in [3.8, 4) is 0 Å². The number of nitrogens with zero attached hydrogens (tertiary/aromatic N) is 1. The first-order valence-corrected chi connectivity index (χ1v) is 8.68. The van der Waals surface area contributed by atoms with Crippen molar-refractivity contribution in [2.45, 2.75) is 38.5 Å². The number of rotatable bonds is 3. The Balaban J connectivity index is 1.82. The number of carbonyl (C=O) groups excluding carboxylic acids is 1. The molecule has 1 aromatic carbocycles. The van der Waals surface area contributed by atoms with Crippen molar-refractivity contribution in [2.75, 3.05) is 18.8 Å². The lowest BCUT2D eigenvalue weighted by molar-refractivity contribution is 0.193. The molecule has 1 heterocycles. The highest BCUT2D eigenvalue weighted by molar-refractivity contribution is 7.86. The number of fused-ring (bicyclic) bond motifs is 1. The predicted octanol–water partition coefficient (Wildman–Crippen LogP) is 2.30. The third kappa shape index (κ3) is 4.30. The van der Waals surface area contributed by atoms with Crippen LogP contribution in [0.4, 0.5) is 4.79 Å². The van der Waals surface area contributed by atoms with Gasteiger partial charge in [-0.2, -0.15) is 0 Å². The van der Waals surface area contributed by atoms with E-state index in [0.717, 1.165) is 13.0 Å². The zero-order valence-corrected chi connectivity index (χ0v) is 13.8. The van der Waals surface area contributed by atoms with Crippen LogP contribution >= 0.6 is 0 Å². The van der Waals surface area contributed by atoms with E-state index in [9.17, 15) is 9.00 Å². The lowest BCUT2D eigenvalue weighted by atomic mass is 10.0. The highest BCUT2D eigenvalue weighted by Gasteiger charge is 2.22. The minimum absolute atomic E-state index is 0.0598. The summed E-state index contributed by atoms with van der Waals surface area (Å²) < 4.78 is 11.7. The van der Waals surface area contributed by atoms with Crippen LogP contribution in [0.3, 0.4) is 0 Å². The van der Waals surface area contributed by atoms with Crippen LogP contribution in [-0.4, -0.2) is 38.7 Å². The van der Waals surface area contributed by atoms with Crippen LogP contribution in [0.1, 0.15) is 31.9 Å².